The van der Waals surface area contributed by atoms with Crippen molar-refractivity contribution in [2.75, 3.05) is 14.7 Å². The van der Waals surface area contributed by atoms with Crippen LogP contribution in [0.15, 0.2) is 188 Å². The molecule has 0 spiro atoms. The first-order chi connectivity index (χ1) is 32.2. The number of hydrogen-bond donors (Lipinski definition) is 0. The van der Waals surface area contributed by atoms with Crippen molar-refractivity contribution < 1.29 is 0 Å². The maximum absolute atomic E-state index is 7.87. The molecule has 0 saturated carbocycles. The molecule has 4 nitrogen and oxygen atoms in total. The van der Waals surface area contributed by atoms with E-state index in [-0.39, 0.29) is 21.7 Å². The summed E-state index contributed by atoms with van der Waals surface area (Å²) in [6, 6.07) is 67.3. The van der Waals surface area contributed by atoms with E-state index in [1.807, 2.05) is 6.07 Å². The lowest BCUT2D eigenvalue weighted by Crippen LogP contribution is -2.18. The first-order valence-corrected chi connectivity index (χ1v) is 24.3. The molecule has 0 aliphatic carbocycles. The molecule has 1 heterocycles. The van der Waals surface area contributed by atoms with Crippen molar-refractivity contribution in [1.82, 2.24) is 4.98 Å². The smallest absolute Gasteiger partial charge is 0.140 e. The molecule has 0 radical (unpaired) electrons. The van der Waals surface area contributed by atoms with Gasteiger partial charge in [0.15, 0.2) is 0 Å². The maximum Gasteiger partial charge on any atom is 0.140 e. The quantitative estimate of drug-likeness (QED) is 0.136. The average molecular weight is 916 g/mol. The number of aromatic nitrogens is 1. The lowest BCUT2D eigenvalue weighted by atomic mass is 9.84. The molecule has 0 atom stereocenters. The fourth-order valence-electron chi connectivity index (χ4n) is 8.69. The highest BCUT2D eigenvalue weighted by molar-refractivity contribution is 6.36. The van der Waals surface area contributed by atoms with Crippen LogP contribution in [-0.4, -0.2) is 4.98 Å². The Labute approximate surface area is 411 Å². The van der Waals surface area contributed by atoms with E-state index in [9.17, 15) is 0 Å². The van der Waals surface area contributed by atoms with E-state index < -0.39 is 0 Å². The fraction of sp³-hybridized carbons (Fsp3) is 0.254. The normalized spacial score (nSPS) is 12.2. The van der Waals surface area contributed by atoms with Gasteiger partial charge in [0.05, 0.1) is 22.1 Å². The van der Waals surface area contributed by atoms with Crippen molar-refractivity contribution in [3.8, 4) is 11.1 Å². The molecule has 0 amide bonds. The Balaban J connectivity index is 1.33. The predicted molar refractivity (Wildman–Crippen MR) is 294 cm³/mol. The first kappa shape index (κ1) is 47.9. The molecule has 0 unspecified atom stereocenters. The van der Waals surface area contributed by atoms with Crippen LogP contribution in [0.3, 0.4) is 0 Å². The van der Waals surface area contributed by atoms with Crippen LogP contribution in [0.1, 0.15) is 105 Å². The van der Waals surface area contributed by atoms with Gasteiger partial charge in [-0.2, -0.15) is 0 Å². The minimum absolute atomic E-state index is 0.00356. The van der Waals surface area contributed by atoms with Gasteiger partial charge in [-0.3, -0.25) is 9.80 Å². The van der Waals surface area contributed by atoms with Gasteiger partial charge in [-0.1, -0.05) is 198 Å². The van der Waals surface area contributed by atoms with Crippen LogP contribution in [0, 0.1) is 0 Å². The van der Waals surface area contributed by atoms with E-state index in [2.05, 4.69) is 280 Å². The van der Waals surface area contributed by atoms with Gasteiger partial charge in [-0.05, 0) is 134 Å². The van der Waals surface area contributed by atoms with Gasteiger partial charge in [0.25, 0.3) is 0 Å². The van der Waals surface area contributed by atoms with Crippen molar-refractivity contribution >= 4 is 63.0 Å². The summed E-state index contributed by atoms with van der Waals surface area (Å²) < 4.78 is 0. The average Bonchev–Trinajstić information content (AvgIpc) is 3.30. The Morgan fingerprint density at radius 1 is 0.324 bits per heavy atom. The van der Waals surface area contributed by atoms with E-state index in [1.54, 1.807) is 0 Å². The summed E-state index contributed by atoms with van der Waals surface area (Å²) >= 11 is 7.87. The minimum atomic E-state index is -0.0509. The van der Waals surface area contributed by atoms with Crippen LogP contribution in [0.25, 0.3) is 11.1 Å². The number of nitrogens with zero attached hydrogens (tertiary/aromatic N) is 4. The number of pyridine rings is 1. The van der Waals surface area contributed by atoms with Crippen molar-refractivity contribution in [1.29, 1.82) is 0 Å². The lowest BCUT2D eigenvalue weighted by Gasteiger charge is -2.32. The third-order valence-corrected chi connectivity index (χ3v) is 13.2. The maximum atomic E-state index is 7.87. The molecule has 0 aliphatic heterocycles. The second-order valence-electron chi connectivity index (χ2n) is 22.0. The van der Waals surface area contributed by atoms with Crippen LogP contribution in [0.4, 0.5) is 51.4 Å². The number of anilines is 9. The van der Waals surface area contributed by atoms with Crippen LogP contribution in [-0.2, 0) is 21.7 Å². The van der Waals surface area contributed by atoms with Crippen molar-refractivity contribution in [2.45, 2.75) is 105 Å². The zero-order chi connectivity index (χ0) is 48.6. The highest BCUT2D eigenvalue weighted by atomic mass is 35.5. The van der Waals surface area contributed by atoms with E-state index >= 15 is 0 Å². The van der Waals surface area contributed by atoms with E-state index in [0.29, 0.717) is 5.02 Å². The number of hydrogen-bond acceptors (Lipinski definition) is 4. The van der Waals surface area contributed by atoms with E-state index in [4.69, 9.17) is 16.6 Å². The Morgan fingerprint density at radius 2 is 0.676 bits per heavy atom. The monoisotopic (exact) mass is 915 g/mol. The molecule has 0 aliphatic rings. The molecule has 0 fully saturated rings. The largest absolute Gasteiger partial charge is 0.309 e. The van der Waals surface area contributed by atoms with E-state index in [1.165, 1.54) is 22.3 Å². The molecular formula is C63H67ClN4. The van der Waals surface area contributed by atoms with Crippen LogP contribution < -0.4 is 14.7 Å². The second kappa shape index (κ2) is 18.8. The lowest BCUT2D eigenvalue weighted by molar-refractivity contribution is 0.590. The molecule has 8 rings (SSSR count). The summed E-state index contributed by atoms with van der Waals surface area (Å²) in [5.74, 6) is 1.51. The van der Waals surface area contributed by atoms with Crippen LogP contribution >= 0.6 is 11.6 Å². The summed E-state index contributed by atoms with van der Waals surface area (Å²) in [6.45, 7) is 27.1. The van der Waals surface area contributed by atoms with E-state index in [0.717, 1.165) is 62.6 Å². The molecule has 68 heavy (non-hydrogen) atoms. The second-order valence-corrected chi connectivity index (χ2v) is 22.4. The van der Waals surface area contributed by atoms with Gasteiger partial charge >= 0.3 is 0 Å². The van der Waals surface area contributed by atoms with Gasteiger partial charge in [-0.15, -0.1) is 0 Å². The highest BCUT2D eigenvalue weighted by Gasteiger charge is 2.27. The van der Waals surface area contributed by atoms with Gasteiger partial charge in [0.2, 0.25) is 0 Å². The number of rotatable bonds is 10. The zero-order valence-electron chi connectivity index (χ0n) is 42.1. The Bertz CT molecular complexity index is 2910. The van der Waals surface area contributed by atoms with Gasteiger partial charge in [-0.25, -0.2) is 4.98 Å². The molecule has 0 bridgehead atoms. The SMILES string of the molecule is CC(C)(C)c1ccc(N(c2ccc(C(C)(C)C)cc2)c2cccc(N(c3ccccc3)c3cccc(N(c4ccc(C(C)(C)C)cc4)c4ccc(C(C)(C)C)cc4-c4ccccc4)n3)c2Cl)cc1. The third kappa shape index (κ3) is 10.3. The predicted octanol–water partition coefficient (Wildman–Crippen LogP) is 19.0. The molecule has 0 saturated heterocycles. The first-order valence-electron chi connectivity index (χ1n) is 23.9. The summed E-state index contributed by atoms with van der Waals surface area (Å²) in [5, 5.41) is 0.599. The topological polar surface area (TPSA) is 22.6 Å². The van der Waals surface area contributed by atoms with Crippen molar-refractivity contribution in [2.24, 2.45) is 0 Å². The number of para-hydroxylation sites is 1. The summed E-state index contributed by atoms with van der Waals surface area (Å²) in [4.78, 5) is 12.4. The standard InChI is InChI=1S/C63H67ClN4/c1-60(2,3)45-29-36-50(37-30-45)66(51-38-31-46(32-39-51)61(4,5)6)55-25-19-26-56(59(55)64)68(49-23-17-14-18-24-49)58-28-20-27-57(65-58)67(52-40-33-47(34-41-52)62(7,8)9)54-42-35-48(63(10,11)12)43-53(54)44-21-15-13-16-22-44/h13-43H,1-12H3. The number of halogens is 1. The van der Waals surface area contributed by atoms with Gasteiger partial charge in [0.1, 0.15) is 11.6 Å². The molecule has 0 N–H and O–H groups in total. The van der Waals surface area contributed by atoms with Gasteiger partial charge in [0, 0.05) is 28.3 Å². The molecule has 346 valence electrons. The molecule has 5 heteroatoms. The van der Waals surface area contributed by atoms with Crippen molar-refractivity contribution in [3.05, 3.63) is 215 Å². The Morgan fingerprint density at radius 3 is 1.12 bits per heavy atom. The summed E-state index contributed by atoms with van der Waals surface area (Å²) in [7, 11) is 0. The molecule has 8 aromatic rings. The fourth-order valence-corrected chi connectivity index (χ4v) is 8.98. The zero-order valence-corrected chi connectivity index (χ0v) is 42.8. The Kier molecular flexibility index (Phi) is 13.2. The molecule has 7 aromatic carbocycles. The molecular weight excluding hydrogens is 848 g/mol. The number of benzene rings is 7. The van der Waals surface area contributed by atoms with Gasteiger partial charge < -0.3 is 4.90 Å². The summed E-state index contributed by atoms with van der Waals surface area (Å²) in [5.41, 5.74) is 14.0. The summed E-state index contributed by atoms with van der Waals surface area (Å²) in [6.07, 6.45) is 0. The van der Waals surface area contributed by atoms with Crippen LogP contribution in [0.2, 0.25) is 5.02 Å². The van der Waals surface area contributed by atoms with Crippen molar-refractivity contribution in [3.63, 3.8) is 0 Å². The van der Waals surface area contributed by atoms with Crippen LogP contribution in [0.5, 0.6) is 0 Å². The third-order valence-electron chi connectivity index (χ3n) is 12.8. The molecule has 1 aromatic heterocycles. The minimum Gasteiger partial charge on any atom is -0.309 e. The highest BCUT2D eigenvalue weighted by Crippen LogP contribution is 2.48. The Hall–Kier alpha value is -6.62.